The third-order valence-corrected chi connectivity index (χ3v) is 5.47. The van der Waals surface area contributed by atoms with Gasteiger partial charge in [-0.15, -0.1) is 0 Å². The normalized spacial score (nSPS) is 19.8. The van der Waals surface area contributed by atoms with Crippen LogP contribution in [0.4, 0.5) is 5.69 Å². The molecule has 1 aliphatic heterocycles. The lowest BCUT2D eigenvalue weighted by Gasteiger charge is -2.36. The Kier molecular flexibility index (Phi) is 5.22. The molecule has 1 aromatic heterocycles. The number of hydrogen-bond donors (Lipinski definition) is 1. The molecule has 0 saturated carbocycles. The first-order valence-corrected chi connectivity index (χ1v) is 9.99. The Labute approximate surface area is 183 Å². The van der Waals surface area contributed by atoms with E-state index in [4.69, 9.17) is 19.6 Å². The number of nitriles is 1. The third-order valence-electron chi connectivity index (χ3n) is 5.47. The molecule has 0 amide bonds. The second-order valence-electron chi connectivity index (χ2n) is 8.52. The van der Waals surface area contributed by atoms with Gasteiger partial charge in [-0.3, -0.25) is 14.9 Å². The number of nitrogens with two attached hydrogens (primary N) is 1. The topological polar surface area (TPSA) is 142 Å². The first-order chi connectivity index (χ1) is 15.2. The zero-order chi connectivity index (χ0) is 23.0. The molecular weight excluding hydrogens is 414 g/mol. The molecule has 1 aliphatic carbocycles. The number of ketones is 1. The SMILES string of the molecule is CC1(C)CC(=O)C2=C(C1)OC(N)=C(C#N)C2c1ccc(COc2ccccc2[N+](=O)[O-])o1. The van der Waals surface area contributed by atoms with Crippen molar-refractivity contribution in [1.29, 1.82) is 5.26 Å². The van der Waals surface area contributed by atoms with Crippen LogP contribution >= 0.6 is 0 Å². The Morgan fingerprint density at radius 1 is 1.28 bits per heavy atom. The van der Waals surface area contributed by atoms with E-state index >= 15 is 0 Å². The molecule has 1 atom stereocenters. The zero-order valence-electron chi connectivity index (χ0n) is 17.6. The highest BCUT2D eigenvalue weighted by Crippen LogP contribution is 2.48. The lowest BCUT2D eigenvalue weighted by atomic mass is 9.71. The Morgan fingerprint density at radius 2 is 2.03 bits per heavy atom. The van der Waals surface area contributed by atoms with Gasteiger partial charge >= 0.3 is 5.69 Å². The van der Waals surface area contributed by atoms with Crippen molar-refractivity contribution < 1.29 is 23.6 Å². The van der Waals surface area contributed by atoms with E-state index in [9.17, 15) is 20.2 Å². The fourth-order valence-corrected chi connectivity index (χ4v) is 4.08. The molecule has 2 aliphatic rings. The molecule has 9 heteroatoms. The van der Waals surface area contributed by atoms with Gasteiger partial charge in [0.05, 0.1) is 10.8 Å². The summed E-state index contributed by atoms with van der Waals surface area (Å²) in [4.78, 5) is 23.6. The van der Waals surface area contributed by atoms with Gasteiger partial charge in [0, 0.05) is 24.5 Å². The number of nitro benzene ring substituents is 1. The number of furan rings is 1. The molecule has 2 heterocycles. The first kappa shape index (κ1) is 21.2. The molecule has 1 aromatic carbocycles. The number of carbonyl (C=O) groups is 1. The Balaban J connectivity index is 1.64. The monoisotopic (exact) mass is 435 g/mol. The summed E-state index contributed by atoms with van der Waals surface area (Å²) in [5, 5.41) is 20.8. The van der Waals surface area contributed by atoms with Gasteiger partial charge in [0.2, 0.25) is 5.88 Å². The largest absolute Gasteiger partial charge is 0.479 e. The predicted molar refractivity (Wildman–Crippen MR) is 112 cm³/mol. The lowest BCUT2D eigenvalue weighted by Crippen LogP contribution is -2.33. The number of ether oxygens (including phenoxy) is 2. The van der Waals surface area contributed by atoms with Crippen molar-refractivity contribution in [2.45, 2.75) is 39.2 Å². The Bertz CT molecular complexity index is 1210. The zero-order valence-corrected chi connectivity index (χ0v) is 17.6. The number of rotatable bonds is 5. The van der Waals surface area contributed by atoms with Crippen molar-refractivity contribution >= 4 is 11.5 Å². The smallest absolute Gasteiger partial charge is 0.310 e. The quantitative estimate of drug-likeness (QED) is 0.543. The van der Waals surface area contributed by atoms with Crippen LogP contribution in [0.2, 0.25) is 0 Å². The average Bonchev–Trinajstić information content (AvgIpc) is 3.19. The molecular formula is C23H21N3O6. The van der Waals surface area contributed by atoms with Crippen molar-refractivity contribution in [3.63, 3.8) is 0 Å². The molecule has 4 rings (SSSR count). The molecule has 0 bridgehead atoms. The van der Waals surface area contributed by atoms with Crippen LogP contribution < -0.4 is 10.5 Å². The number of hydrogen-bond acceptors (Lipinski definition) is 8. The standard InChI is InChI=1S/C23H21N3O6/c1-23(2)9-16(27)21-19(10-23)32-22(25)14(11-24)20(21)18-8-7-13(31-18)12-30-17-6-4-3-5-15(17)26(28)29/h3-8,20H,9-10,12,25H2,1-2H3. The molecule has 9 nitrogen and oxygen atoms in total. The van der Waals surface area contributed by atoms with Gasteiger partial charge in [-0.2, -0.15) is 5.26 Å². The van der Waals surface area contributed by atoms with Gasteiger partial charge in [-0.1, -0.05) is 26.0 Å². The van der Waals surface area contributed by atoms with E-state index in [1.54, 1.807) is 24.3 Å². The van der Waals surface area contributed by atoms with Crippen molar-refractivity contribution in [2.75, 3.05) is 0 Å². The van der Waals surface area contributed by atoms with Crippen LogP contribution in [0.15, 0.2) is 63.6 Å². The predicted octanol–water partition coefficient (Wildman–Crippen LogP) is 4.22. The Morgan fingerprint density at radius 3 is 2.75 bits per heavy atom. The van der Waals surface area contributed by atoms with Gasteiger partial charge in [0.15, 0.2) is 11.5 Å². The first-order valence-electron chi connectivity index (χ1n) is 9.99. The van der Waals surface area contributed by atoms with Crippen molar-refractivity contribution in [2.24, 2.45) is 11.1 Å². The molecule has 0 fully saturated rings. The summed E-state index contributed by atoms with van der Waals surface area (Å²) >= 11 is 0. The van der Waals surface area contributed by atoms with E-state index in [2.05, 4.69) is 0 Å². The summed E-state index contributed by atoms with van der Waals surface area (Å²) in [6.07, 6.45) is 0.830. The van der Waals surface area contributed by atoms with Crippen LogP contribution in [0.5, 0.6) is 5.75 Å². The van der Waals surface area contributed by atoms with Crippen LogP contribution in [-0.4, -0.2) is 10.7 Å². The van der Waals surface area contributed by atoms with Gasteiger partial charge in [0.25, 0.3) is 0 Å². The van der Waals surface area contributed by atoms with Crippen molar-refractivity contribution in [1.82, 2.24) is 0 Å². The third kappa shape index (κ3) is 3.83. The maximum atomic E-state index is 13.0. The minimum atomic E-state index is -0.771. The maximum absolute atomic E-state index is 13.0. The van der Waals surface area contributed by atoms with Crippen LogP contribution in [0.1, 0.15) is 44.1 Å². The molecule has 32 heavy (non-hydrogen) atoms. The summed E-state index contributed by atoms with van der Waals surface area (Å²) in [6, 6.07) is 11.4. The van der Waals surface area contributed by atoms with Gasteiger partial charge < -0.3 is 19.6 Å². The van der Waals surface area contributed by atoms with Gasteiger partial charge in [-0.25, -0.2) is 0 Å². The highest BCUT2D eigenvalue weighted by atomic mass is 16.6. The summed E-state index contributed by atoms with van der Waals surface area (Å²) in [6.45, 7) is 3.87. The fourth-order valence-electron chi connectivity index (χ4n) is 4.08. The highest BCUT2D eigenvalue weighted by Gasteiger charge is 2.44. The van der Waals surface area contributed by atoms with E-state index in [0.29, 0.717) is 35.7 Å². The molecule has 0 radical (unpaired) electrons. The summed E-state index contributed by atoms with van der Waals surface area (Å²) in [5.74, 6) is 0.374. The van der Waals surface area contributed by atoms with E-state index in [-0.39, 0.29) is 40.7 Å². The number of para-hydroxylation sites is 2. The summed E-state index contributed by atoms with van der Waals surface area (Å²) < 4.78 is 17.1. The highest BCUT2D eigenvalue weighted by molar-refractivity contribution is 5.99. The van der Waals surface area contributed by atoms with Crippen molar-refractivity contribution in [3.8, 4) is 11.8 Å². The van der Waals surface area contributed by atoms with Crippen LogP contribution in [0.3, 0.4) is 0 Å². The summed E-state index contributed by atoms with van der Waals surface area (Å²) in [5.41, 5.74) is 6.06. The number of carbonyl (C=O) groups excluding carboxylic acids is 1. The number of allylic oxidation sites excluding steroid dienone is 3. The molecule has 0 saturated heterocycles. The second-order valence-corrected chi connectivity index (χ2v) is 8.52. The van der Waals surface area contributed by atoms with Crippen LogP contribution in [0, 0.1) is 26.9 Å². The number of nitro groups is 1. The minimum absolute atomic E-state index is 0.0455. The number of nitrogens with zero attached hydrogens (tertiary/aromatic N) is 2. The van der Waals surface area contributed by atoms with E-state index < -0.39 is 10.8 Å². The maximum Gasteiger partial charge on any atom is 0.310 e. The van der Waals surface area contributed by atoms with E-state index in [1.165, 1.54) is 12.1 Å². The fraction of sp³-hybridized carbons (Fsp3) is 0.304. The molecule has 164 valence electrons. The van der Waals surface area contributed by atoms with Crippen LogP contribution in [-0.2, 0) is 16.1 Å². The molecule has 0 spiro atoms. The molecule has 1 unspecified atom stereocenters. The van der Waals surface area contributed by atoms with E-state index in [0.717, 1.165) is 0 Å². The van der Waals surface area contributed by atoms with Gasteiger partial charge in [0.1, 0.15) is 35.5 Å². The number of Topliss-reactive ketones (excluding diaryl/α,β-unsaturated/α-hetero) is 1. The van der Waals surface area contributed by atoms with Crippen molar-refractivity contribution in [3.05, 3.63) is 80.8 Å². The second kappa shape index (κ2) is 7.89. The van der Waals surface area contributed by atoms with Crippen LogP contribution in [0.25, 0.3) is 0 Å². The Hall–Kier alpha value is -4.06. The number of benzene rings is 1. The van der Waals surface area contributed by atoms with Gasteiger partial charge in [-0.05, 0) is 23.6 Å². The van der Waals surface area contributed by atoms with E-state index in [1.807, 2.05) is 19.9 Å². The molecule has 2 aromatic rings. The summed E-state index contributed by atoms with van der Waals surface area (Å²) in [7, 11) is 0. The molecule has 2 N–H and O–H groups in total. The average molecular weight is 435 g/mol. The lowest BCUT2D eigenvalue weighted by molar-refractivity contribution is -0.386. The minimum Gasteiger partial charge on any atom is -0.479 e.